The number of rotatable bonds is 5. The molecule has 2 aromatic rings. The van der Waals surface area contributed by atoms with Gasteiger partial charge in [-0.1, -0.05) is 27.2 Å². The molecule has 0 amide bonds. The first-order chi connectivity index (χ1) is 13.7. The van der Waals surface area contributed by atoms with Crippen molar-refractivity contribution in [3.05, 3.63) is 33.2 Å². The number of phenols is 1. The summed E-state index contributed by atoms with van der Waals surface area (Å²) >= 11 is 0. The number of Topliss-reactive ketones (excluding diaryl/α,β-unsaturated/α-hetero) is 1. The number of benzene rings is 1. The average Bonchev–Trinajstić information content (AvgIpc) is 3.18. The molecule has 1 fully saturated rings. The van der Waals surface area contributed by atoms with Crippen LogP contribution in [0.1, 0.15) is 75.0 Å². The molecule has 7 nitrogen and oxygen atoms in total. The van der Waals surface area contributed by atoms with Crippen LogP contribution in [-0.4, -0.2) is 22.6 Å². The second-order valence-corrected chi connectivity index (χ2v) is 8.43. The molecule has 7 heteroatoms. The van der Waals surface area contributed by atoms with Gasteiger partial charge in [0.05, 0.1) is 10.9 Å². The fourth-order valence-electron chi connectivity index (χ4n) is 4.13. The van der Waals surface area contributed by atoms with Crippen molar-refractivity contribution in [2.45, 2.75) is 71.7 Å². The van der Waals surface area contributed by atoms with Crippen molar-refractivity contribution in [1.29, 1.82) is 0 Å². The smallest absolute Gasteiger partial charge is 0.336 e. The lowest BCUT2D eigenvalue weighted by Crippen LogP contribution is -2.36. The van der Waals surface area contributed by atoms with E-state index in [0.717, 1.165) is 12.0 Å². The van der Waals surface area contributed by atoms with Gasteiger partial charge in [-0.05, 0) is 32.3 Å². The van der Waals surface area contributed by atoms with E-state index < -0.39 is 23.4 Å². The lowest BCUT2D eigenvalue weighted by Gasteiger charge is -2.21. The Hall–Kier alpha value is -2.38. The van der Waals surface area contributed by atoms with Crippen LogP contribution in [0.5, 0.6) is 11.5 Å². The molecule has 156 valence electrons. The Labute approximate surface area is 168 Å². The van der Waals surface area contributed by atoms with Crippen LogP contribution in [0.3, 0.4) is 0 Å². The zero-order valence-electron chi connectivity index (χ0n) is 17.3. The van der Waals surface area contributed by atoms with E-state index in [0.29, 0.717) is 29.5 Å². The number of aryl methyl sites for hydroxylation is 1. The first kappa shape index (κ1) is 19.9. The van der Waals surface area contributed by atoms with Gasteiger partial charge in [0.2, 0.25) is 0 Å². The van der Waals surface area contributed by atoms with Crippen molar-refractivity contribution in [2.24, 2.45) is 5.92 Å². The number of ketones is 1. The van der Waals surface area contributed by atoms with Crippen LogP contribution in [0.25, 0.3) is 11.0 Å². The van der Waals surface area contributed by atoms with Crippen molar-refractivity contribution in [2.75, 3.05) is 0 Å². The van der Waals surface area contributed by atoms with Gasteiger partial charge in [-0.2, -0.15) is 0 Å². The third kappa shape index (κ3) is 2.87. The quantitative estimate of drug-likeness (QED) is 0.454. The van der Waals surface area contributed by atoms with E-state index in [1.54, 1.807) is 6.92 Å². The molecule has 0 saturated carbocycles. The molecule has 1 aromatic carbocycles. The van der Waals surface area contributed by atoms with Crippen molar-refractivity contribution in [3.63, 3.8) is 0 Å². The fourth-order valence-corrected chi connectivity index (χ4v) is 4.13. The third-order valence-electron chi connectivity index (χ3n) is 5.92. The lowest BCUT2D eigenvalue weighted by atomic mass is 9.88. The summed E-state index contributed by atoms with van der Waals surface area (Å²) in [6, 6.07) is 1.43. The normalized spacial score (nSPS) is 22.9. The molecule has 3 atom stereocenters. The molecule has 29 heavy (non-hydrogen) atoms. The first-order valence-electron chi connectivity index (χ1n) is 10.1. The number of hydrogen-bond acceptors (Lipinski definition) is 7. The van der Waals surface area contributed by atoms with Gasteiger partial charge in [-0.15, -0.1) is 0 Å². The van der Waals surface area contributed by atoms with Crippen molar-refractivity contribution in [1.82, 2.24) is 0 Å². The highest BCUT2D eigenvalue weighted by atomic mass is 17.2. The Bertz CT molecular complexity index is 1050. The molecule has 0 unspecified atom stereocenters. The van der Waals surface area contributed by atoms with Crippen LogP contribution in [0.15, 0.2) is 15.3 Å². The molecule has 0 aliphatic carbocycles. The predicted octanol–water partition coefficient (Wildman–Crippen LogP) is 4.22. The average molecular weight is 402 g/mol. The number of aromatic hydroxyl groups is 1. The highest BCUT2D eigenvalue weighted by Crippen LogP contribution is 2.56. The van der Waals surface area contributed by atoms with E-state index in [9.17, 15) is 14.7 Å². The van der Waals surface area contributed by atoms with Crippen molar-refractivity contribution < 1.29 is 28.8 Å². The fraction of sp³-hybridized carbons (Fsp3) is 0.545. The van der Waals surface area contributed by atoms with Crippen LogP contribution in [0.4, 0.5) is 0 Å². The summed E-state index contributed by atoms with van der Waals surface area (Å²) in [4.78, 5) is 36.3. The molecular formula is C22H26O7. The van der Waals surface area contributed by atoms with Crippen LogP contribution in [0, 0.1) is 5.92 Å². The Kier molecular flexibility index (Phi) is 4.70. The minimum absolute atomic E-state index is 0.0145. The first-order valence-corrected chi connectivity index (χ1v) is 10.1. The summed E-state index contributed by atoms with van der Waals surface area (Å²) in [5.41, 5.74) is -0.0968. The zero-order chi connectivity index (χ0) is 21.1. The van der Waals surface area contributed by atoms with Crippen LogP contribution in [-0.2, 0) is 16.2 Å². The minimum atomic E-state index is -0.746. The summed E-state index contributed by atoms with van der Waals surface area (Å²) in [5.74, 6) is -0.492. The van der Waals surface area contributed by atoms with Gasteiger partial charge in [0.15, 0.2) is 23.6 Å². The predicted molar refractivity (Wildman–Crippen MR) is 105 cm³/mol. The van der Waals surface area contributed by atoms with Gasteiger partial charge in [0.25, 0.3) is 0 Å². The molecule has 0 spiro atoms. The number of fused-ring (bicyclic) bond motifs is 5. The zero-order valence-corrected chi connectivity index (χ0v) is 17.3. The molecule has 0 bridgehead atoms. The summed E-state index contributed by atoms with van der Waals surface area (Å²) < 4.78 is 11.7. The number of carbonyl (C=O) groups is 1. The van der Waals surface area contributed by atoms with Crippen LogP contribution >= 0.6 is 0 Å². The number of hydrogen-bond donors (Lipinski definition) is 1. The monoisotopic (exact) mass is 402 g/mol. The third-order valence-corrected chi connectivity index (χ3v) is 5.92. The van der Waals surface area contributed by atoms with E-state index in [1.807, 2.05) is 27.7 Å². The molecule has 1 N–H and O–H groups in total. The highest BCUT2D eigenvalue weighted by molar-refractivity contribution is 6.12. The lowest BCUT2D eigenvalue weighted by molar-refractivity contribution is -0.321. The Morgan fingerprint density at radius 2 is 2.03 bits per heavy atom. The van der Waals surface area contributed by atoms with Gasteiger partial charge in [-0.3, -0.25) is 4.79 Å². The van der Waals surface area contributed by atoms with Crippen molar-refractivity contribution in [3.8, 4) is 11.5 Å². The van der Waals surface area contributed by atoms with E-state index in [1.165, 1.54) is 6.07 Å². The maximum absolute atomic E-state index is 13.2. The summed E-state index contributed by atoms with van der Waals surface area (Å²) in [5, 5.41) is 11.7. The van der Waals surface area contributed by atoms with Crippen molar-refractivity contribution >= 4 is 16.8 Å². The van der Waals surface area contributed by atoms with Gasteiger partial charge in [0, 0.05) is 12.0 Å². The molecular weight excluding hydrogens is 376 g/mol. The molecule has 3 heterocycles. The maximum Gasteiger partial charge on any atom is 0.336 e. The van der Waals surface area contributed by atoms with Gasteiger partial charge < -0.3 is 14.3 Å². The van der Waals surface area contributed by atoms with E-state index in [2.05, 4.69) is 0 Å². The van der Waals surface area contributed by atoms with E-state index in [4.69, 9.17) is 18.9 Å². The van der Waals surface area contributed by atoms with Gasteiger partial charge in [-0.25, -0.2) is 14.6 Å². The molecule has 4 rings (SSSR count). The molecule has 2 aliphatic rings. The molecule has 2 aliphatic heterocycles. The van der Waals surface area contributed by atoms with Gasteiger partial charge >= 0.3 is 5.63 Å². The standard InChI is InChI=1S/C22H26O7/c1-6-8-11-9-12(23)26-18-13(11)19-15(17(25)14(18)16(24)10(3)7-2)20-21(27-19)22(4,5)29-28-20/h9-10,20-21,25H,6-8H2,1-5H3/t10-,20-,21+/m1/s1. The number of ether oxygens (including phenoxy) is 1. The summed E-state index contributed by atoms with van der Waals surface area (Å²) in [7, 11) is 0. The minimum Gasteiger partial charge on any atom is -0.507 e. The summed E-state index contributed by atoms with van der Waals surface area (Å²) in [6.07, 6.45) is 0.817. The second kappa shape index (κ2) is 6.85. The molecule has 1 saturated heterocycles. The topological polar surface area (TPSA) is 95.2 Å². The Morgan fingerprint density at radius 3 is 2.69 bits per heavy atom. The SMILES string of the molecule is CCCc1cc(=O)oc2c(C(=O)[C@H](C)CC)c(O)c3c(c12)O[C@H]1[C@@H]3OOC1(C)C. The summed E-state index contributed by atoms with van der Waals surface area (Å²) in [6.45, 7) is 9.35. The largest absolute Gasteiger partial charge is 0.507 e. The maximum atomic E-state index is 13.2. The molecule has 1 aromatic heterocycles. The van der Waals surface area contributed by atoms with E-state index in [-0.39, 0.29) is 28.6 Å². The Balaban J connectivity index is 2.10. The van der Waals surface area contributed by atoms with Gasteiger partial charge in [0.1, 0.15) is 22.7 Å². The number of phenolic OH excluding ortho intramolecular Hbond substituents is 1. The van der Waals surface area contributed by atoms with Crippen LogP contribution in [0.2, 0.25) is 0 Å². The van der Waals surface area contributed by atoms with E-state index >= 15 is 0 Å². The van der Waals surface area contributed by atoms with Crippen LogP contribution < -0.4 is 10.4 Å². The number of carbonyl (C=O) groups excluding carboxylic acids is 1. The molecule has 0 radical (unpaired) electrons. The second-order valence-electron chi connectivity index (χ2n) is 8.43. The highest BCUT2D eigenvalue weighted by Gasteiger charge is 2.55. The Morgan fingerprint density at radius 1 is 1.31 bits per heavy atom.